The third-order valence-electron chi connectivity index (χ3n) is 2.56. The van der Waals surface area contributed by atoms with E-state index in [1.807, 2.05) is 6.92 Å². The molecule has 0 saturated carbocycles. The van der Waals surface area contributed by atoms with Crippen molar-refractivity contribution in [2.24, 2.45) is 0 Å². The maximum absolute atomic E-state index is 11.5. The number of nitrogens with one attached hydrogen (secondary N) is 1. The van der Waals surface area contributed by atoms with Gasteiger partial charge in [-0.3, -0.25) is 0 Å². The van der Waals surface area contributed by atoms with Gasteiger partial charge in [0.15, 0.2) is 9.84 Å². The van der Waals surface area contributed by atoms with Crippen molar-refractivity contribution in [2.45, 2.75) is 37.3 Å². The van der Waals surface area contributed by atoms with Crippen LogP contribution in [0, 0.1) is 0 Å². The van der Waals surface area contributed by atoms with E-state index in [0.717, 1.165) is 6.26 Å². The fourth-order valence-corrected chi connectivity index (χ4v) is 2.66. The first-order valence-corrected chi connectivity index (χ1v) is 7.64. The Kier molecular flexibility index (Phi) is 4.59. The Balaban J connectivity index is 2.98. The van der Waals surface area contributed by atoms with E-state index in [4.69, 9.17) is 5.73 Å². The van der Waals surface area contributed by atoms with Crippen LogP contribution in [0.5, 0.6) is 0 Å². The molecule has 0 aliphatic rings. The Hall–Kier alpha value is -1.27. The van der Waals surface area contributed by atoms with E-state index in [2.05, 4.69) is 5.32 Å². The van der Waals surface area contributed by atoms with Crippen LogP contribution in [-0.4, -0.2) is 31.9 Å². The van der Waals surface area contributed by atoms with Gasteiger partial charge in [-0.1, -0.05) is 6.07 Å². The molecule has 0 aliphatic heterocycles. The molecule has 1 rings (SSSR count). The smallest absolute Gasteiger partial charge is 0.177 e. The van der Waals surface area contributed by atoms with Gasteiger partial charge in [0.05, 0.1) is 22.4 Å². The summed E-state index contributed by atoms with van der Waals surface area (Å²) in [5.74, 6) is 0. The molecule has 1 aromatic rings. The molecule has 4 N–H and O–H groups in total. The molecular weight excluding hydrogens is 252 g/mol. The lowest BCUT2D eigenvalue weighted by atomic mass is 10.1. The van der Waals surface area contributed by atoms with Gasteiger partial charge in [-0.15, -0.1) is 0 Å². The molecule has 0 spiro atoms. The second-order valence-corrected chi connectivity index (χ2v) is 6.60. The van der Waals surface area contributed by atoms with Crippen LogP contribution in [0.3, 0.4) is 0 Å². The van der Waals surface area contributed by atoms with E-state index in [1.165, 1.54) is 6.07 Å². The van der Waals surface area contributed by atoms with Crippen LogP contribution in [0.15, 0.2) is 23.1 Å². The zero-order chi connectivity index (χ0) is 13.9. The van der Waals surface area contributed by atoms with Crippen LogP contribution in [-0.2, 0) is 9.84 Å². The molecule has 2 atom stereocenters. The molecule has 0 aromatic heterocycles. The lowest BCUT2D eigenvalue weighted by Crippen LogP contribution is -2.21. The van der Waals surface area contributed by atoms with Gasteiger partial charge in [0.1, 0.15) is 0 Å². The van der Waals surface area contributed by atoms with Crippen molar-refractivity contribution in [3.63, 3.8) is 0 Å². The summed E-state index contributed by atoms with van der Waals surface area (Å²) in [6.45, 7) is 3.60. The van der Waals surface area contributed by atoms with Gasteiger partial charge in [-0.25, -0.2) is 8.42 Å². The monoisotopic (exact) mass is 272 g/mol. The van der Waals surface area contributed by atoms with Crippen molar-refractivity contribution in [1.29, 1.82) is 0 Å². The highest BCUT2D eigenvalue weighted by atomic mass is 32.2. The van der Waals surface area contributed by atoms with Crippen LogP contribution in [0.2, 0.25) is 0 Å². The van der Waals surface area contributed by atoms with Crippen LogP contribution in [0.25, 0.3) is 0 Å². The molecule has 0 saturated heterocycles. The Bertz CT molecular complexity index is 512. The molecule has 18 heavy (non-hydrogen) atoms. The summed E-state index contributed by atoms with van der Waals surface area (Å²) in [6, 6.07) is 4.85. The van der Waals surface area contributed by atoms with E-state index < -0.39 is 15.9 Å². The highest BCUT2D eigenvalue weighted by Crippen LogP contribution is 2.27. The number of aliphatic hydroxyl groups excluding tert-OH is 1. The average Bonchev–Trinajstić information content (AvgIpc) is 2.18. The standard InChI is InChI=1S/C12H20N2O3S/c1-8(7-9(2)15)14-10-5-4-6-11(12(10)13)18(3,16)17/h4-6,8-9,14-15H,7,13H2,1-3H3. The van der Waals surface area contributed by atoms with E-state index >= 15 is 0 Å². The van der Waals surface area contributed by atoms with Crippen LogP contribution < -0.4 is 11.1 Å². The Labute approximate surface area is 108 Å². The number of nitrogen functional groups attached to an aromatic ring is 1. The molecule has 1 aromatic carbocycles. The summed E-state index contributed by atoms with van der Waals surface area (Å²) in [5, 5.41) is 12.4. The van der Waals surface area contributed by atoms with Gasteiger partial charge in [0.25, 0.3) is 0 Å². The van der Waals surface area contributed by atoms with Crippen molar-refractivity contribution < 1.29 is 13.5 Å². The minimum Gasteiger partial charge on any atom is -0.396 e. The van der Waals surface area contributed by atoms with Crippen molar-refractivity contribution in [1.82, 2.24) is 0 Å². The second-order valence-electron chi connectivity index (χ2n) is 4.62. The first kappa shape index (κ1) is 14.8. The molecule has 0 fully saturated rings. The third kappa shape index (κ3) is 3.89. The van der Waals surface area contributed by atoms with Gasteiger partial charge in [0.2, 0.25) is 0 Å². The summed E-state index contributed by atoms with van der Waals surface area (Å²) in [7, 11) is -3.33. The Morgan fingerprint density at radius 1 is 1.39 bits per heavy atom. The maximum Gasteiger partial charge on any atom is 0.177 e. The number of sulfone groups is 1. The highest BCUT2D eigenvalue weighted by molar-refractivity contribution is 7.90. The van der Waals surface area contributed by atoms with Crippen LogP contribution >= 0.6 is 0 Å². The van der Waals surface area contributed by atoms with Crippen LogP contribution in [0.1, 0.15) is 20.3 Å². The highest BCUT2D eigenvalue weighted by Gasteiger charge is 2.15. The summed E-state index contributed by atoms with van der Waals surface area (Å²) in [5.41, 5.74) is 6.64. The average molecular weight is 272 g/mol. The molecule has 0 heterocycles. The number of anilines is 2. The van der Waals surface area contributed by atoms with Crippen molar-refractivity contribution >= 4 is 21.2 Å². The first-order valence-electron chi connectivity index (χ1n) is 5.75. The van der Waals surface area contributed by atoms with Crippen molar-refractivity contribution in [3.05, 3.63) is 18.2 Å². The molecule has 0 aliphatic carbocycles. The molecule has 0 bridgehead atoms. The Morgan fingerprint density at radius 2 is 2.00 bits per heavy atom. The maximum atomic E-state index is 11.5. The quantitative estimate of drug-likeness (QED) is 0.701. The topological polar surface area (TPSA) is 92.4 Å². The van der Waals surface area contributed by atoms with Gasteiger partial charge >= 0.3 is 0 Å². The van der Waals surface area contributed by atoms with E-state index in [9.17, 15) is 13.5 Å². The summed E-state index contributed by atoms with van der Waals surface area (Å²) >= 11 is 0. The zero-order valence-electron chi connectivity index (χ0n) is 10.8. The number of benzene rings is 1. The first-order chi connectivity index (χ1) is 8.21. The fraction of sp³-hybridized carbons (Fsp3) is 0.500. The van der Waals surface area contributed by atoms with Gasteiger partial charge in [0, 0.05) is 12.3 Å². The molecule has 2 unspecified atom stereocenters. The predicted octanol–water partition coefficient (Wildman–Crippen LogP) is 1.24. The SMILES string of the molecule is CC(O)CC(C)Nc1cccc(S(C)(=O)=O)c1N. The predicted molar refractivity (Wildman–Crippen MR) is 73.3 cm³/mol. The molecule has 0 radical (unpaired) electrons. The number of aliphatic hydroxyl groups is 1. The number of para-hydroxylation sites is 1. The molecule has 5 nitrogen and oxygen atoms in total. The van der Waals surface area contributed by atoms with Crippen LogP contribution in [0.4, 0.5) is 11.4 Å². The summed E-state index contributed by atoms with van der Waals surface area (Å²) < 4.78 is 23.0. The van der Waals surface area contributed by atoms with E-state index in [1.54, 1.807) is 19.1 Å². The van der Waals surface area contributed by atoms with Gasteiger partial charge in [-0.2, -0.15) is 0 Å². The van der Waals surface area contributed by atoms with E-state index in [-0.39, 0.29) is 16.6 Å². The largest absolute Gasteiger partial charge is 0.396 e. The van der Waals surface area contributed by atoms with Gasteiger partial charge < -0.3 is 16.2 Å². The summed E-state index contributed by atoms with van der Waals surface area (Å²) in [4.78, 5) is 0.122. The van der Waals surface area contributed by atoms with Gasteiger partial charge in [-0.05, 0) is 32.4 Å². The molecular formula is C12H20N2O3S. The normalized spacial score (nSPS) is 15.1. The lowest BCUT2D eigenvalue weighted by Gasteiger charge is -2.19. The Morgan fingerprint density at radius 3 is 2.50 bits per heavy atom. The van der Waals surface area contributed by atoms with Crippen molar-refractivity contribution in [2.75, 3.05) is 17.3 Å². The van der Waals surface area contributed by atoms with Crippen molar-refractivity contribution in [3.8, 4) is 0 Å². The molecule has 6 heteroatoms. The minimum atomic E-state index is -3.33. The molecule has 102 valence electrons. The number of nitrogens with two attached hydrogens (primary N) is 1. The minimum absolute atomic E-state index is 0.00195. The lowest BCUT2D eigenvalue weighted by molar-refractivity contribution is 0.179. The number of hydrogen-bond acceptors (Lipinski definition) is 5. The molecule has 0 amide bonds. The zero-order valence-corrected chi connectivity index (χ0v) is 11.7. The number of rotatable bonds is 5. The number of hydrogen-bond donors (Lipinski definition) is 3. The summed E-state index contributed by atoms with van der Waals surface area (Å²) in [6.07, 6.45) is 1.26. The second kappa shape index (κ2) is 5.58. The third-order valence-corrected chi connectivity index (χ3v) is 3.72. The fourth-order valence-electron chi connectivity index (χ4n) is 1.83. The van der Waals surface area contributed by atoms with E-state index in [0.29, 0.717) is 12.1 Å².